The van der Waals surface area contributed by atoms with Crippen molar-refractivity contribution in [3.05, 3.63) is 29.6 Å². The van der Waals surface area contributed by atoms with E-state index < -0.39 is 0 Å². The third kappa shape index (κ3) is 4.92. The van der Waals surface area contributed by atoms with Gasteiger partial charge in [-0.25, -0.2) is 4.39 Å². The fourth-order valence-electron chi connectivity index (χ4n) is 1.64. The molecule has 0 bridgehead atoms. The fraction of sp³-hybridized carbons (Fsp3) is 0.538. The van der Waals surface area contributed by atoms with Gasteiger partial charge in [0.2, 0.25) is 0 Å². The van der Waals surface area contributed by atoms with Crippen LogP contribution in [-0.4, -0.2) is 31.0 Å². The van der Waals surface area contributed by atoms with Crippen LogP contribution in [0.5, 0.6) is 5.75 Å². The number of hydrogen-bond acceptors (Lipinski definition) is 2. The zero-order valence-electron chi connectivity index (χ0n) is 10.4. The number of hydrogen-bond donors (Lipinski definition) is 0. The Hall–Kier alpha value is -0.800. The summed E-state index contributed by atoms with van der Waals surface area (Å²) in [7, 11) is 2.00. The van der Waals surface area contributed by atoms with Gasteiger partial charge in [0.05, 0.1) is 6.61 Å². The van der Waals surface area contributed by atoms with E-state index in [-0.39, 0.29) is 5.82 Å². The van der Waals surface area contributed by atoms with Crippen molar-refractivity contribution in [3.63, 3.8) is 0 Å². The van der Waals surface area contributed by atoms with Crippen LogP contribution in [0.2, 0.25) is 0 Å². The van der Waals surface area contributed by atoms with Gasteiger partial charge in [-0.15, -0.1) is 11.6 Å². The maximum Gasteiger partial charge on any atom is 0.165 e. The van der Waals surface area contributed by atoms with E-state index in [2.05, 4.69) is 4.90 Å². The predicted octanol–water partition coefficient (Wildman–Crippen LogP) is 3.29. The number of nitrogens with zero attached hydrogens (tertiary/aromatic N) is 1. The van der Waals surface area contributed by atoms with Crippen LogP contribution in [0.4, 0.5) is 4.39 Å². The van der Waals surface area contributed by atoms with Crippen molar-refractivity contribution in [2.24, 2.45) is 0 Å². The Morgan fingerprint density at radius 1 is 1.41 bits per heavy atom. The van der Waals surface area contributed by atoms with Crippen LogP contribution >= 0.6 is 11.6 Å². The summed E-state index contributed by atoms with van der Waals surface area (Å²) in [6.45, 7) is 3.96. The lowest BCUT2D eigenvalue weighted by Gasteiger charge is -2.16. The molecule has 0 aliphatic carbocycles. The first-order chi connectivity index (χ1) is 8.17. The van der Waals surface area contributed by atoms with Crippen LogP contribution in [-0.2, 0) is 6.54 Å². The summed E-state index contributed by atoms with van der Waals surface area (Å²) in [4.78, 5) is 2.12. The smallest absolute Gasteiger partial charge is 0.165 e. The summed E-state index contributed by atoms with van der Waals surface area (Å²) < 4.78 is 18.7. The van der Waals surface area contributed by atoms with E-state index in [9.17, 15) is 4.39 Å². The number of alkyl halides is 1. The zero-order valence-corrected chi connectivity index (χ0v) is 11.1. The van der Waals surface area contributed by atoms with E-state index in [1.165, 1.54) is 6.07 Å². The van der Waals surface area contributed by atoms with E-state index in [4.69, 9.17) is 16.3 Å². The molecule has 0 aliphatic heterocycles. The van der Waals surface area contributed by atoms with Crippen molar-refractivity contribution in [2.75, 3.05) is 26.1 Å². The Kier molecular flexibility index (Phi) is 6.30. The standard InChI is InChI=1S/C13H19ClFNO/c1-3-17-13-6-5-11(9-12(13)15)10-16(2)8-4-7-14/h5-6,9H,3-4,7-8,10H2,1-2H3. The third-order valence-corrected chi connectivity index (χ3v) is 2.69. The first-order valence-electron chi connectivity index (χ1n) is 5.83. The van der Waals surface area contributed by atoms with Crippen LogP contribution in [0, 0.1) is 5.82 Å². The van der Waals surface area contributed by atoms with E-state index >= 15 is 0 Å². The van der Waals surface area contributed by atoms with Gasteiger partial charge in [-0.05, 0) is 44.6 Å². The highest BCUT2D eigenvalue weighted by atomic mass is 35.5. The molecule has 0 amide bonds. The van der Waals surface area contributed by atoms with Gasteiger partial charge in [-0.2, -0.15) is 0 Å². The molecular weight excluding hydrogens is 241 g/mol. The van der Waals surface area contributed by atoms with Gasteiger partial charge in [0, 0.05) is 12.4 Å². The van der Waals surface area contributed by atoms with Crippen molar-refractivity contribution < 1.29 is 9.13 Å². The number of rotatable bonds is 7. The molecular formula is C13H19ClFNO. The average molecular weight is 260 g/mol. The third-order valence-electron chi connectivity index (χ3n) is 2.42. The molecule has 0 aliphatic rings. The van der Waals surface area contributed by atoms with E-state index in [1.54, 1.807) is 6.07 Å². The zero-order chi connectivity index (χ0) is 12.7. The van der Waals surface area contributed by atoms with Gasteiger partial charge in [-0.1, -0.05) is 6.07 Å². The van der Waals surface area contributed by atoms with E-state index in [1.807, 2.05) is 20.0 Å². The highest BCUT2D eigenvalue weighted by Crippen LogP contribution is 2.19. The first-order valence-corrected chi connectivity index (χ1v) is 6.36. The minimum Gasteiger partial charge on any atom is -0.491 e. The topological polar surface area (TPSA) is 12.5 Å². The van der Waals surface area contributed by atoms with Crippen LogP contribution in [0.15, 0.2) is 18.2 Å². The molecule has 4 heteroatoms. The quantitative estimate of drug-likeness (QED) is 0.697. The second-order valence-electron chi connectivity index (χ2n) is 3.98. The fourth-order valence-corrected chi connectivity index (χ4v) is 1.76. The van der Waals surface area contributed by atoms with Crippen LogP contribution < -0.4 is 4.74 Å². The molecule has 1 aromatic carbocycles. The largest absolute Gasteiger partial charge is 0.491 e. The maximum absolute atomic E-state index is 13.6. The monoisotopic (exact) mass is 259 g/mol. The summed E-state index contributed by atoms with van der Waals surface area (Å²) in [5.74, 6) is 0.678. The molecule has 17 heavy (non-hydrogen) atoms. The Labute approximate surface area is 107 Å². The molecule has 1 aromatic rings. The number of ether oxygens (including phenoxy) is 1. The summed E-state index contributed by atoms with van der Waals surface area (Å²) in [6.07, 6.45) is 0.942. The molecule has 0 spiro atoms. The van der Waals surface area contributed by atoms with Crippen LogP contribution in [0.3, 0.4) is 0 Å². The summed E-state index contributed by atoms with van der Waals surface area (Å²) >= 11 is 5.63. The summed E-state index contributed by atoms with van der Waals surface area (Å²) in [5.41, 5.74) is 0.947. The Morgan fingerprint density at radius 3 is 2.76 bits per heavy atom. The predicted molar refractivity (Wildman–Crippen MR) is 69.2 cm³/mol. The van der Waals surface area contributed by atoms with Gasteiger partial charge >= 0.3 is 0 Å². The maximum atomic E-state index is 13.6. The van der Waals surface area contributed by atoms with Crippen molar-refractivity contribution in [1.82, 2.24) is 4.90 Å². The summed E-state index contributed by atoms with van der Waals surface area (Å²) in [5, 5.41) is 0. The first kappa shape index (κ1) is 14.3. The lowest BCUT2D eigenvalue weighted by Crippen LogP contribution is -2.19. The SMILES string of the molecule is CCOc1ccc(CN(C)CCCCl)cc1F. The lowest BCUT2D eigenvalue weighted by molar-refractivity contribution is 0.316. The molecule has 1 rings (SSSR count). The highest BCUT2D eigenvalue weighted by molar-refractivity contribution is 6.17. The minimum atomic E-state index is -0.296. The Balaban J connectivity index is 2.57. The molecule has 0 heterocycles. The molecule has 0 saturated heterocycles. The second kappa shape index (κ2) is 7.51. The second-order valence-corrected chi connectivity index (χ2v) is 4.36. The highest BCUT2D eigenvalue weighted by Gasteiger charge is 2.06. The van der Waals surface area contributed by atoms with Gasteiger partial charge in [-0.3, -0.25) is 0 Å². The van der Waals surface area contributed by atoms with Crippen LogP contribution in [0.25, 0.3) is 0 Å². The van der Waals surface area contributed by atoms with E-state index in [0.29, 0.717) is 18.2 Å². The van der Waals surface area contributed by atoms with Gasteiger partial charge in [0.25, 0.3) is 0 Å². The van der Waals surface area contributed by atoms with Crippen molar-refractivity contribution in [2.45, 2.75) is 19.9 Å². The molecule has 0 fully saturated rings. The normalized spacial score (nSPS) is 10.9. The molecule has 0 aromatic heterocycles. The lowest BCUT2D eigenvalue weighted by atomic mass is 10.2. The van der Waals surface area contributed by atoms with E-state index in [0.717, 1.165) is 25.1 Å². The van der Waals surface area contributed by atoms with Crippen LogP contribution in [0.1, 0.15) is 18.9 Å². The average Bonchev–Trinajstić information content (AvgIpc) is 2.30. The van der Waals surface area contributed by atoms with Gasteiger partial charge in [0.1, 0.15) is 0 Å². The molecule has 0 unspecified atom stereocenters. The Morgan fingerprint density at radius 2 is 2.18 bits per heavy atom. The van der Waals surface area contributed by atoms with Crippen molar-refractivity contribution in [3.8, 4) is 5.75 Å². The number of benzene rings is 1. The molecule has 0 N–H and O–H groups in total. The molecule has 2 nitrogen and oxygen atoms in total. The van der Waals surface area contributed by atoms with Crippen molar-refractivity contribution in [1.29, 1.82) is 0 Å². The van der Waals surface area contributed by atoms with Gasteiger partial charge < -0.3 is 9.64 Å². The molecule has 96 valence electrons. The molecule has 0 radical (unpaired) electrons. The summed E-state index contributed by atoms with van der Waals surface area (Å²) in [6, 6.07) is 5.11. The number of halogens is 2. The van der Waals surface area contributed by atoms with Gasteiger partial charge in [0.15, 0.2) is 11.6 Å². The molecule has 0 atom stereocenters. The molecule has 0 saturated carbocycles. The van der Waals surface area contributed by atoms with Crippen molar-refractivity contribution >= 4 is 11.6 Å². The minimum absolute atomic E-state index is 0.296. The Bertz CT molecular complexity index is 346.